The van der Waals surface area contributed by atoms with Crippen LogP contribution in [-0.4, -0.2) is 56.9 Å². The first kappa shape index (κ1) is 38.0. The maximum Gasteiger partial charge on any atom is 0.417 e. The number of aromatic carboxylic acids is 1. The van der Waals surface area contributed by atoms with Crippen LogP contribution in [0, 0.1) is 23.7 Å². The number of carboxylic acid groups (broad SMARTS) is 1. The molecule has 0 unspecified atom stereocenters. The normalized spacial score (nSPS) is 25.5. The van der Waals surface area contributed by atoms with Gasteiger partial charge in [0, 0.05) is 28.8 Å². The molecule has 1 aromatic heterocycles. The number of carboxylic acids is 1. The van der Waals surface area contributed by atoms with E-state index in [0.29, 0.717) is 33.4 Å². The average Bonchev–Trinajstić information content (AvgIpc) is 3.56. The van der Waals surface area contributed by atoms with Gasteiger partial charge in [0.1, 0.15) is 11.5 Å². The van der Waals surface area contributed by atoms with Crippen LogP contribution in [0.1, 0.15) is 45.8 Å². The number of carbonyl (C=O) groups is 5. The van der Waals surface area contributed by atoms with Crippen LogP contribution in [0.15, 0.2) is 90.6 Å². The molecule has 3 heterocycles. The molecule has 1 saturated carbocycles. The number of imide groups is 2. The van der Waals surface area contributed by atoms with Crippen LogP contribution < -0.4 is 15.1 Å². The summed E-state index contributed by atoms with van der Waals surface area (Å²) in [5, 5.41) is 21.7. The van der Waals surface area contributed by atoms with Crippen LogP contribution in [0.4, 0.5) is 24.7 Å². The van der Waals surface area contributed by atoms with Crippen molar-refractivity contribution in [3.05, 3.63) is 123 Å². The van der Waals surface area contributed by atoms with Crippen molar-refractivity contribution in [1.29, 1.82) is 0 Å². The molecule has 8 rings (SSSR count). The third-order valence-corrected chi connectivity index (χ3v) is 12.0. The fraction of sp³-hybridized carbons (Fsp3) is 0.250. The van der Waals surface area contributed by atoms with Crippen LogP contribution in [0.25, 0.3) is 0 Å². The number of benzene rings is 3. The summed E-state index contributed by atoms with van der Waals surface area (Å²) >= 11 is 12.5. The largest absolute Gasteiger partial charge is 0.508 e. The molecular weight excluding hydrogens is 792 g/mol. The van der Waals surface area contributed by atoms with Gasteiger partial charge in [0.15, 0.2) is 5.82 Å². The molecule has 6 atom stereocenters. The highest BCUT2D eigenvalue weighted by atomic mass is 35.5. The number of fused-ring (bicyclic) bond motifs is 4. The quantitative estimate of drug-likeness (QED) is 0.130. The first-order valence-electron chi connectivity index (χ1n) is 17.5. The number of methoxy groups -OCH3 is 1. The number of anilines is 2. The number of carbonyl (C=O) groups excluding carboxylic acids is 4. The van der Waals surface area contributed by atoms with Crippen molar-refractivity contribution in [3.63, 3.8) is 0 Å². The molecule has 2 aliphatic heterocycles. The van der Waals surface area contributed by atoms with Gasteiger partial charge < -0.3 is 14.9 Å². The summed E-state index contributed by atoms with van der Waals surface area (Å²) in [5.74, 6) is -9.96. The van der Waals surface area contributed by atoms with Crippen molar-refractivity contribution < 1.29 is 52.1 Å². The molecule has 292 valence electrons. The Labute approximate surface area is 331 Å². The minimum atomic E-state index is -4.79. The number of hydrogen-bond donors (Lipinski definition) is 3. The molecular formula is C40H29Cl2F3N4O8. The zero-order valence-electron chi connectivity index (χ0n) is 29.5. The first-order chi connectivity index (χ1) is 27.1. The summed E-state index contributed by atoms with van der Waals surface area (Å²) in [5.41, 5.74) is 0.393. The molecule has 3 N–H and O–H groups in total. The number of ether oxygens (including phenoxy) is 1. The summed E-state index contributed by atoms with van der Waals surface area (Å²) in [4.78, 5) is 75.3. The fourth-order valence-corrected chi connectivity index (χ4v) is 9.39. The van der Waals surface area contributed by atoms with E-state index in [1.807, 2.05) is 0 Å². The van der Waals surface area contributed by atoms with Crippen LogP contribution in [0.5, 0.6) is 11.5 Å². The number of halogens is 5. The van der Waals surface area contributed by atoms with Crippen molar-refractivity contribution in [2.24, 2.45) is 23.7 Å². The molecule has 4 amide bonds. The number of aromatic hydroxyl groups is 1. The fourth-order valence-electron chi connectivity index (χ4n) is 9.05. The highest BCUT2D eigenvalue weighted by molar-refractivity contribution is 6.33. The highest BCUT2D eigenvalue weighted by Crippen LogP contribution is 2.65. The lowest BCUT2D eigenvalue weighted by molar-refractivity contribution is -0.139. The number of nitrogens with zero attached hydrogens (tertiary/aromatic N) is 3. The number of nitrogens with one attached hydrogen (secondary N) is 1. The number of amides is 4. The molecule has 17 heteroatoms. The van der Waals surface area contributed by atoms with Crippen molar-refractivity contribution in [3.8, 4) is 11.5 Å². The van der Waals surface area contributed by atoms with E-state index in [-0.39, 0.29) is 41.2 Å². The van der Waals surface area contributed by atoms with Gasteiger partial charge >= 0.3 is 12.1 Å². The van der Waals surface area contributed by atoms with Crippen LogP contribution in [-0.2, 0) is 30.8 Å². The lowest BCUT2D eigenvalue weighted by Gasteiger charge is -2.50. The zero-order valence-corrected chi connectivity index (χ0v) is 31.0. The zero-order chi connectivity index (χ0) is 40.7. The van der Waals surface area contributed by atoms with Crippen molar-refractivity contribution in [2.75, 3.05) is 17.4 Å². The predicted octanol–water partition coefficient (Wildman–Crippen LogP) is 7.01. The van der Waals surface area contributed by atoms with Gasteiger partial charge in [0.05, 0.1) is 52.1 Å². The standard InChI is InChI=1S/C40H29Cl2F3N4O8/c1-57-23-9-10-25(30(50)15-23)32-24-11-12-26-31(36(53)48(34(26)51)22-4-2-3-18(13-22)37(54)55)27(24)16-28-35(52)49(38(56)39(28,32)19-5-7-21(41)8-6-19)47-33-29(42)14-20(17-46-33)40(43,44)45/h2-11,13-15,17,26-28,31-32,50H,12,16H2,1H3,(H,46,47)(H,54,55)/t26-,27+,28-,31-,32+,39+/m0/s1. The first-order valence-corrected chi connectivity index (χ1v) is 18.2. The number of phenolic OH excluding ortho intramolecular Hbond substituents is 1. The van der Waals surface area contributed by atoms with Gasteiger partial charge in [0.2, 0.25) is 11.8 Å². The molecule has 4 aromatic rings. The van der Waals surface area contributed by atoms with Gasteiger partial charge in [-0.2, -0.15) is 18.2 Å². The molecule has 3 fully saturated rings. The van der Waals surface area contributed by atoms with E-state index in [4.69, 9.17) is 27.9 Å². The van der Waals surface area contributed by atoms with E-state index in [1.54, 1.807) is 24.3 Å². The van der Waals surface area contributed by atoms with Gasteiger partial charge in [-0.25, -0.2) is 9.78 Å². The summed E-state index contributed by atoms with van der Waals surface area (Å²) in [6.45, 7) is 0. The van der Waals surface area contributed by atoms with Gasteiger partial charge in [0.25, 0.3) is 11.8 Å². The Bertz CT molecular complexity index is 2440. The van der Waals surface area contributed by atoms with Crippen molar-refractivity contribution >= 4 is 64.3 Å². The number of pyridine rings is 1. The lowest BCUT2D eigenvalue weighted by atomic mass is 9.49. The lowest BCUT2D eigenvalue weighted by Crippen LogP contribution is -2.53. The molecule has 57 heavy (non-hydrogen) atoms. The number of aromatic nitrogens is 1. The van der Waals surface area contributed by atoms with Gasteiger partial charge in [-0.05, 0) is 66.8 Å². The number of hydrazine groups is 1. The molecule has 0 spiro atoms. The minimum Gasteiger partial charge on any atom is -0.508 e. The van der Waals surface area contributed by atoms with Gasteiger partial charge in [-0.1, -0.05) is 59.1 Å². The molecule has 3 aromatic carbocycles. The Balaban J connectivity index is 1.31. The highest BCUT2D eigenvalue weighted by Gasteiger charge is 2.70. The monoisotopic (exact) mass is 820 g/mol. The van der Waals surface area contributed by atoms with E-state index < -0.39 is 87.2 Å². The third kappa shape index (κ3) is 5.81. The summed E-state index contributed by atoms with van der Waals surface area (Å²) in [7, 11) is 1.39. The number of hydrogen-bond acceptors (Lipinski definition) is 9. The van der Waals surface area contributed by atoms with Gasteiger partial charge in [-0.3, -0.25) is 29.5 Å². The second-order valence-electron chi connectivity index (χ2n) is 14.2. The molecule has 4 aliphatic rings. The number of allylic oxidation sites excluding steroid dienone is 2. The molecule has 0 bridgehead atoms. The van der Waals surface area contributed by atoms with Crippen LogP contribution in [0.3, 0.4) is 0 Å². The Hall–Kier alpha value is -5.93. The summed E-state index contributed by atoms with van der Waals surface area (Å²) < 4.78 is 45.8. The second kappa shape index (κ2) is 13.6. The summed E-state index contributed by atoms with van der Waals surface area (Å²) in [6.07, 6.45) is -2.68. The topological polar surface area (TPSA) is 166 Å². The maximum absolute atomic E-state index is 15.3. The number of alkyl halides is 3. The van der Waals surface area contributed by atoms with Crippen molar-refractivity contribution in [1.82, 2.24) is 9.99 Å². The Morgan fingerprint density at radius 2 is 1.70 bits per heavy atom. The number of phenols is 1. The van der Waals surface area contributed by atoms with E-state index in [1.165, 1.54) is 55.6 Å². The van der Waals surface area contributed by atoms with Crippen LogP contribution in [0.2, 0.25) is 10.0 Å². The van der Waals surface area contributed by atoms with E-state index in [9.17, 15) is 42.6 Å². The maximum atomic E-state index is 15.3. The minimum absolute atomic E-state index is 0.0279. The van der Waals surface area contributed by atoms with E-state index in [0.717, 1.165) is 4.90 Å². The molecule has 2 saturated heterocycles. The van der Waals surface area contributed by atoms with E-state index >= 15 is 4.79 Å². The Morgan fingerprint density at radius 1 is 0.965 bits per heavy atom. The third-order valence-electron chi connectivity index (χ3n) is 11.5. The van der Waals surface area contributed by atoms with Crippen LogP contribution >= 0.6 is 23.2 Å². The molecule has 12 nitrogen and oxygen atoms in total. The smallest absolute Gasteiger partial charge is 0.417 e. The second-order valence-corrected chi connectivity index (χ2v) is 15.1. The Morgan fingerprint density at radius 3 is 2.35 bits per heavy atom. The molecule has 2 aliphatic carbocycles. The average molecular weight is 822 g/mol. The Kier molecular flexibility index (Phi) is 9.08. The van der Waals surface area contributed by atoms with Gasteiger partial charge in [-0.15, -0.1) is 0 Å². The SMILES string of the molecule is COc1ccc([C@H]2C3=CC[C@@H]4C(=O)N(c5cccc(C(=O)O)c5)C(=O)[C@@H]4[C@@H]3C[C@H]3C(=O)N(Nc4ncc(C(F)(F)F)cc4Cl)C(=O)[C@@]23c2ccc(Cl)cc2)c(O)c1. The van der Waals surface area contributed by atoms with Crippen molar-refractivity contribution in [2.45, 2.75) is 30.4 Å². The summed E-state index contributed by atoms with van der Waals surface area (Å²) in [6, 6.07) is 16.6. The predicted molar refractivity (Wildman–Crippen MR) is 197 cm³/mol. The number of rotatable bonds is 7. The van der Waals surface area contributed by atoms with E-state index in [2.05, 4.69) is 10.4 Å². The molecule has 0 radical (unpaired) electrons.